The molecule has 3 rings (SSSR count). The third-order valence-corrected chi connectivity index (χ3v) is 4.87. The van der Waals surface area contributed by atoms with Crippen molar-refractivity contribution in [2.45, 2.75) is 44.2 Å². The first-order chi connectivity index (χ1) is 9.66. The van der Waals surface area contributed by atoms with E-state index >= 15 is 0 Å². The van der Waals surface area contributed by atoms with E-state index in [2.05, 4.69) is 4.90 Å². The highest BCUT2D eigenvalue weighted by atomic mass is 16.4. The minimum absolute atomic E-state index is 0.0726. The maximum Gasteiger partial charge on any atom is 0.326 e. The van der Waals surface area contributed by atoms with E-state index in [-0.39, 0.29) is 6.03 Å². The number of urea groups is 1. The van der Waals surface area contributed by atoms with Crippen LogP contribution in [0.25, 0.3) is 0 Å². The van der Waals surface area contributed by atoms with Gasteiger partial charge < -0.3 is 14.9 Å². The molecule has 20 heavy (non-hydrogen) atoms. The molecular weight excluding hydrogens is 258 g/mol. The Hall–Kier alpha value is -1.30. The second-order valence-electron chi connectivity index (χ2n) is 6.10. The number of carboxylic acids is 1. The van der Waals surface area contributed by atoms with Crippen LogP contribution in [0.15, 0.2) is 0 Å². The van der Waals surface area contributed by atoms with Gasteiger partial charge in [0.1, 0.15) is 6.04 Å². The molecule has 0 aromatic carbocycles. The second kappa shape index (κ2) is 5.60. The highest BCUT2D eigenvalue weighted by Crippen LogP contribution is 2.24. The lowest BCUT2D eigenvalue weighted by Crippen LogP contribution is -2.48. The molecule has 3 saturated heterocycles. The predicted molar refractivity (Wildman–Crippen MR) is 73.5 cm³/mol. The number of amides is 2. The summed E-state index contributed by atoms with van der Waals surface area (Å²) in [4.78, 5) is 29.6. The molecule has 3 fully saturated rings. The van der Waals surface area contributed by atoms with E-state index in [9.17, 15) is 14.7 Å². The van der Waals surface area contributed by atoms with Gasteiger partial charge in [0.05, 0.1) is 0 Å². The number of carboxylic acid groups (broad SMARTS) is 1. The lowest BCUT2D eigenvalue weighted by Gasteiger charge is -2.28. The van der Waals surface area contributed by atoms with Crippen molar-refractivity contribution in [3.63, 3.8) is 0 Å². The number of rotatable bonds is 2. The zero-order chi connectivity index (χ0) is 14.1. The highest BCUT2D eigenvalue weighted by molar-refractivity contribution is 5.83. The highest BCUT2D eigenvalue weighted by Gasteiger charge is 2.39. The van der Waals surface area contributed by atoms with Crippen LogP contribution in [0.2, 0.25) is 0 Å². The van der Waals surface area contributed by atoms with Crippen LogP contribution in [-0.2, 0) is 4.79 Å². The maximum atomic E-state index is 12.5. The molecule has 0 bridgehead atoms. The van der Waals surface area contributed by atoms with E-state index in [1.54, 1.807) is 4.90 Å². The van der Waals surface area contributed by atoms with Crippen LogP contribution in [-0.4, -0.2) is 76.6 Å². The second-order valence-corrected chi connectivity index (χ2v) is 6.10. The number of hydrogen-bond donors (Lipinski definition) is 1. The molecule has 3 aliphatic rings. The molecule has 0 spiro atoms. The molecule has 6 heteroatoms. The van der Waals surface area contributed by atoms with E-state index in [0.29, 0.717) is 19.0 Å². The minimum Gasteiger partial charge on any atom is -0.480 e. The van der Waals surface area contributed by atoms with Gasteiger partial charge in [0, 0.05) is 25.7 Å². The van der Waals surface area contributed by atoms with Crippen LogP contribution in [0.3, 0.4) is 0 Å². The third-order valence-electron chi connectivity index (χ3n) is 4.87. The topological polar surface area (TPSA) is 64.1 Å². The average Bonchev–Trinajstić information content (AvgIpc) is 3.17. The quantitative estimate of drug-likeness (QED) is 0.814. The van der Waals surface area contributed by atoms with Crippen molar-refractivity contribution in [1.29, 1.82) is 0 Å². The third kappa shape index (κ3) is 2.49. The summed E-state index contributed by atoms with van der Waals surface area (Å²) in [5, 5.41) is 9.18. The van der Waals surface area contributed by atoms with E-state index in [0.717, 1.165) is 39.0 Å². The molecule has 0 aliphatic carbocycles. The maximum absolute atomic E-state index is 12.5. The van der Waals surface area contributed by atoms with Gasteiger partial charge >= 0.3 is 12.0 Å². The monoisotopic (exact) mass is 281 g/mol. The Morgan fingerprint density at radius 1 is 0.950 bits per heavy atom. The standard InChI is InChI=1S/C14H23N3O3/c18-13(19)12-4-3-8-17(12)14(20)16-9-5-11(10-16)15-6-1-2-7-15/h11-12H,1-10H2,(H,18,19). The number of carbonyl (C=O) groups excluding carboxylic acids is 1. The molecule has 0 aromatic rings. The Morgan fingerprint density at radius 3 is 2.40 bits per heavy atom. The van der Waals surface area contributed by atoms with Gasteiger partial charge in [-0.2, -0.15) is 0 Å². The largest absolute Gasteiger partial charge is 0.480 e. The fraction of sp³-hybridized carbons (Fsp3) is 0.857. The molecule has 3 heterocycles. The van der Waals surface area contributed by atoms with Crippen molar-refractivity contribution < 1.29 is 14.7 Å². The van der Waals surface area contributed by atoms with Crippen LogP contribution in [0.1, 0.15) is 32.1 Å². The Bertz CT molecular complexity index is 395. The van der Waals surface area contributed by atoms with E-state index < -0.39 is 12.0 Å². The molecule has 1 N–H and O–H groups in total. The fourth-order valence-electron chi connectivity index (χ4n) is 3.75. The van der Waals surface area contributed by atoms with Gasteiger partial charge in [0.15, 0.2) is 0 Å². The van der Waals surface area contributed by atoms with Crippen LogP contribution < -0.4 is 0 Å². The van der Waals surface area contributed by atoms with Crippen molar-refractivity contribution in [2.24, 2.45) is 0 Å². The lowest BCUT2D eigenvalue weighted by molar-refractivity contribution is -0.141. The van der Waals surface area contributed by atoms with Gasteiger partial charge in [-0.05, 0) is 45.2 Å². The van der Waals surface area contributed by atoms with Gasteiger partial charge in [-0.25, -0.2) is 9.59 Å². The van der Waals surface area contributed by atoms with E-state index in [4.69, 9.17) is 0 Å². The van der Waals surface area contributed by atoms with Gasteiger partial charge in [-0.3, -0.25) is 4.90 Å². The lowest BCUT2D eigenvalue weighted by atomic mass is 10.2. The summed E-state index contributed by atoms with van der Waals surface area (Å²) in [6.07, 6.45) is 4.93. The van der Waals surface area contributed by atoms with Crippen molar-refractivity contribution in [3.05, 3.63) is 0 Å². The van der Waals surface area contributed by atoms with Crippen LogP contribution >= 0.6 is 0 Å². The molecule has 6 nitrogen and oxygen atoms in total. The summed E-state index contributed by atoms with van der Waals surface area (Å²) in [6.45, 7) is 4.41. The predicted octanol–water partition coefficient (Wildman–Crippen LogP) is 0.825. The number of likely N-dealkylation sites (tertiary alicyclic amines) is 3. The number of aliphatic carboxylic acids is 1. The molecule has 0 saturated carbocycles. The average molecular weight is 281 g/mol. The van der Waals surface area contributed by atoms with Gasteiger partial charge in [-0.1, -0.05) is 0 Å². The van der Waals surface area contributed by atoms with Gasteiger partial charge in [0.2, 0.25) is 0 Å². The van der Waals surface area contributed by atoms with E-state index in [1.165, 1.54) is 12.8 Å². The molecule has 2 unspecified atom stereocenters. The zero-order valence-corrected chi connectivity index (χ0v) is 11.8. The number of carbonyl (C=O) groups is 2. The molecule has 0 radical (unpaired) electrons. The summed E-state index contributed by atoms with van der Waals surface area (Å²) < 4.78 is 0. The van der Waals surface area contributed by atoms with Crippen LogP contribution in [0.4, 0.5) is 4.79 Å². The summed E-state index contributed by atoms with van der Waals surface area (Å²) in [5.41, 5.74) is 0. The molecule has 2 atom stereocenters. The Labute approximate surface area is 119 Å². The molecule has 112 valence electrons. The Balaban J connectivity index is 1.59. The summed E-state index contributed by atoms with van der Waals surface area (Å²) >= 11 is 0. The first-order valence-electron chi connectivity index (χ1n) is 7.69. The first kappa shape index (κ1) is 13.7. The smallest absolute Gasteiger partial charge is 0.326 e. The normalized spacial score (nSPS) is 31.2. The molecule has 3 aliphatic heterocycles. The number of nitrogens with zero attached hydrogens (tertiary/aromatic N) is 3. The summed E-state index contributed by atoms with van der Waals surface area (Å²) in [6, 6.07) is -0.211. The summed E-state index contributed by atoms with van der Waals surface area (Å²) in [5.74, 6) is -0.869. The van der Waals surface area contributed by atoms with Crippen LogP contribution in [0.5, 0.6) is 0 Å². The molecule has 2 amide bonds. The SMILES string of the molecule is O=C(O)C1CCCN1C(=O)N1CCC(N2CCCC2)C1. The van der Waals surface area contributed by atoms with Crippen molar-refractivity contribution >= 4 is 12.0 Å². The van der Waals surface area contributed by atoms with Gasteiger partial charge in [-0.15, -0.1) is 0 Å². The van der Waals surface area contributed by atoms with Crippen molar-refractivity contribution in [1.82, 2.24) is 14.7 Å². The molecule has 0 aromatic heterocycles. The fourth-order valence-corrected chi connectivity index (χ4v) is 3.75. The zero-order valence-electron chi connectivity index (χ0n) is 11.8. The van der Waals surface area contributed by atoms with E-state index in [1.807, 2.05) is 4.90 Å². The minimum atomic E-state index is -0.869. The van der Waals surface area contributed by atoms with Crippen molar-refractivity contribution in [2.75, 3.05) is 32.7 Å². The molecular formula is C14H23N3O3. The first-order valence-corrected chi connectivity index (χ1v) is 7.69. The van der Waals surface area contributed by atoms with Gasteiger partial charge in [0.25, 0.3) is 0 Å². The summed E-state index contributed by atoms with van der Waals surface area (Å²) in [7, 11) is 0. The Morgan fingerprint density at radius 2 is 1.70 bits per heavy atom. The Kier molecular flexibility index (Phi) is 3.83. The van der Waals surface area contributed by atoms with Crippen LogP contribution in [0, 0.1) is 0 Å². The van der Waals surface area contributed by atoms with Crippen molar-refractivity contribution in [3.8, 4) is 0 Å². The number of hydrogen-bond acceptors (Lipinski definition) is 3.